The Morgan fingerprint density at radius 1 is 1.11 bits per heavy atom. The number of hydrogen-bond acceptors (Lipinski definition) is 3. The fourth-order valence-electron chi connectivity index (χ4n) is 2.33. The van der Waals surface area contributed by atoms with Gasteiger partial charge in [-0.05, 0) is 38.1 Å². The van der Waals surface area contributed by atoms with Crippen LogP contribution in [0.2, 0.25) is 0 Å². The van der Waals surface area contributed by atoms with Crippen molar-refractivity contribution in [3.63, 3.8) is 0 Å². The monoisotopic (exact) mass is 263 g/mol. The zero-order chi connectivity index (χ0) is 13.0. The van der Waals surface area contributed by atoms with E-state index in [0.29, 0.717) is 6.04 Å². The summed E-state index contributed by atoms with van der Waals surface area (Å²) in [7, 11) is 0. The third-order valence-electron chi connectivity index (χ3n) is 3.50. The average Bonchev–Trinajstić information content (AvgIpc) is 2.40. The van der Waals surface area contributed by atoms with E-state index in [1.54, 1.807) is 0 Å². The van der Waals surface area contributed by atoms with E-state index in [-0.39, 0.29) is 0 Å². The lowest BCUT2D eigenvalue weighted by atomic mass is 10.2. The lowest BCUT2D eigenvalue weighted by molar-refractivity contribution is 0.209. The van der Waals surface area contributed by atoms with Crippen LogP contribution in [0.4, 0.5) is 11.4 Å². The van der Waals surface area contributed by atoms with Gasteiger partial charge in [0.2, 0.25) is 0 Å². The summed E-state index contributed by atoms with van der Waals surface area (Å²) in [5.41, 5.74) is 3.89. The van der Waals surface area contributed by atoms with Gasteiger partial charge in [0.05, 0.1) is 5.49 Å². The number of anilines is 2. The molecule has 0 radical (unpaired) electrons. The lowest BCUT2D eigenvalue weighted by Gasteiger charge is -2.38. The number of thiocarbonyl (C=S) groups is 1. The van der Waals surface area contributed by atoms with Crippen molar-refractivity contribution in [2.24, 2.45) is 0 Å². The summed E-state index contributed by atoms with van der Waals surface area (Å²) in [6.07, 6.45) is 0. The minimum atomic E-state index is 0.654. The molecule has 1 N–H and O–H groups in total. The van der Waals surface area contributed by atoms with Crippen LogP contribution in [0.1, 0.15) is 13.8 Å². The van der Waals surface area contributed by atoms with Gasteiger partial charge in [0.1, 0.15) is 0 Å². The van der Waals surface area contributed by atoms with Crippen LogP contribution in [0, 0.1) is 0 Å². The van der Waals surface area contributed by atoms with E-state index < -0.39 is 0 Å². The first-order valence-electron chi connectivity index (χ1n) is 6.50. The number of rotatable bonds is 4. The molecule has 1 saturated heterocycles. The molecule has 1 aliphatic rings. The fourth-order valence-corrected chi connectivity index (χ4v) is 2.47. The van der Waals surface area contributed by atoms with E-state index >= 15 is 0 Å². The Labute approximate surface area is 115 Å². The van der Waals surface area contributed by atoms with E-state index in [4.69, 9.17) is 12.2 Å². The third kappa shape index (κ3) is 3.21. The van der Waals surface area contributed by atoms with Crippen molar-refractivity contribution in [1.82, 2.24) is 4.90 Å². The molecular weight excluding hydrogens is 242 g/mol. The lowest BCUT2D eigenvalue weighted by Crippen LogP contribution is -2.48. The van der Waals surface area contributed by atoms with Crippen LogP contribution in [0.3, 0.4) is 0 Å². The van der Waals surface area contributed by atoms with Crippen molar-refractivity contribution >= 4 is 29.1 Å². The molecule has 0 amide bonds. The highest BCUT2D eigenvalue weighted by Crippen LogP contribution is 2.19. The molecule has 2 rings (SSSR count). The van der Waals surface area contributed by atoms with Crippen LogP contribution in [0.5, 0.6) is 0 Å². The standard InChI is InChI=1S/C14H21N3S/c1-12(2)16-7-9-17(10-8-16)14-5-3-13(4-6-14)15-11-18/h3-6,11-12H,7-10H2,1-2H3,(H,15,18). The Bertz CT molecular complexity index is 381. The van der Waals surface area contributed by atoms with Gasteiger partial charge in [-0.25, -0.2) is 0 Å². The molecule has 0 saturated carbocycles. The highest BCUT2D eigenvalue weighted by Gasteiger charge is 2.18. The minimum Gasteiger partial charge on any atom is -0.369 e. The van der Waals surface area contributed by atoms with Crippen molar-refractivity contribution in [2.45, 2.75) is 19.9 Å². The molecule has 0 atom stereocenters. The van der Waals surface area contributed by atoms with Gasteiger partial charge in [0, 0.05) is 43.6 Å². The van der Waals surface area contributed by atoms with Gasteiger partial charge in [-0.1, -0.05) is 12.2 Å². The molecule has 4 heteroatoms. The first kappa shape index (κ1) is 13.3. The average molecular weight is 263 g/mol. The highest BCUT2D eigenvalue weighted by atomic mass is 32.1. The Hall–Kier alpha value is -1.13. The van der Waals surface area contributed by atoms with Gasteiger partial charge in [-0.2, -0.15) is 0 Å². The smallest absolute Gasteiger partial charge is 0.0658 e. The summed E-state index contributed by atoms with van der Waals surface area (Å²) < 4.78 is 0. The molecule has 0 aliphatic carbocycles. The summed E-state index contributed by atoms with van der Waals surface area (Å²) in [6, 6.07) is 9.12. The summed E-state index contributed by atoms with van der Waals surface area (Å²) in [6.45, 7) is 9.05. The minimum absolute atomic E-state index is 0.654. The van der Waals surface area contributed by atoms with Crippen LogP contribution >= 0.6 is 12.2 Å². The largest absolute Gasteiger partial charge is 0.369 e. The van der Waals surface area contributed by atoms with Gasteiger partial charge in [-0.15, -0.1) is 0 Å². The summed E-state index contributed by atoms with van der Waals surface area (Å²) in [4.78, 5) is 4.97. The van der Waals surface area contributed by atoms with E-state index in [2.05, 4.69) is 53.2 Å². The topological polar surface area (TPSA) is 18.5 Å². The van der Waals surface area contributed by atoms with Crippen molar-refractivity contribution in [3.05, 3.63) is 24.3 Å². The quantitative estimate of drug-likeness (QED) is 0.841. The molecule has 0 bridgehead atoms. The van der Waals surface area contributed by atoms with Crippen molar-refractivity contribution in [2.75, 3.05) is 36.4 Å². The number of benzene rings is 1. The van der Waals surface area contributed by atoms with E-state index in [1.165, 1.54) is 11.2 Å². The van der Waals surface area contributed by atoms with Crippen molar-refractivity contribution in [1.29, 1.82) is 0 Å². The van der Waals surface area contributed by atoms with E-state index in [1.807, 2.05) is 0 Å². The molecule has 18 heavy (non-hydrogen) atoms. The molecule has 98 valence electrons. The SMILES string of the molecule is CC(C)N1CCN(c2ccc(NC=S)cc2)CC1. The van der Waals surface area contributed by atoms with Gasteiger partial charge in [0.15, 0.2) is 0 Å². The summed E-state index contributed by atoms with van der Waals surface area (Å²) in [5.74, 6) is 0. The molecule has 1 aromatic rings. The molecule has 1 heterocycles. The van der Waals surface area contributed by atoms with Crippen molar-refractivity contribution in [3.8, 4) is 0 Å². The van der Waals surface area contributed by atoms with Crippen LogP contribution in [-0.4, -0.2) is 42.6 Å². The summed E-state index contributed by atoms with van der Waals surface area (Å²) >= 11 is 4.78. The number of nitrogens with one attached hydrogen (secondary N) is 1. The second-order valence-corrected chi connectivity index (χ2v) is 5.16. The van der Waals surface area contributed by atoms with E-state index in [0.717, 1.165) is 31.9 Å². The first-order valence-corrected chi connectivity index (χ1v) is 6.97. The van der Waals surface area contributed by atoms with Crippen LogP contribution in [-0.2, 0) is 0 Å². The third-order valence-corrected chi connectivity index (χ3v) is 3.62. The zero-order valence-corrected chi connectivity index (χ0v) is 11.9. The number of hydrogen-bond donors (Lipinski definition) is 1. The molecular formula is C14H21N3S. The molecule has 3 nitrogen and oxygen atoms in total. The summed E-state index contributed by atoms with van der Waals surface area (Å²) in [5, 5.41) is 3.02. The second kappa shape index (κ2) is 6.16. The number of nitrogens with zero attached hydrogens (tertiary/aromatic N) is 2. The normalized spacial score (nSPS) is 16.9. The zero-order valence-electron chi connectivity index (χ0n) is 11.1. The molecule has 0 spiro atoms. The maximum Gasteiger partial charge on any atom is 0.0658 e. The van der Waals surface area contributed by atoms with Crippen LogP contribution < -0.4 is 10.2 Å². The van der Waals surface area contributed by atoms with Crippen LogP contribution in [0.15, 0.2) is 24.3 Å². The first-order chi connectivity index (χ1) is 8.70. The Kier molecular flexibility index (Phi) is 4.55. The van der Waals surface area contributed by atoms with Gasteiger partial charge < -0.3 is 10.2 Å². The maximum absolute atomic E-state index is 4.78. The Morgan fingerprint density at radius 2 is 1.72 bits per heavy atom. The Balaban J connectivity index is 1.94. The van der Waals surface area contributed by atoms with Gasteiger partial charge in [-0.3, -0.25) is 4.90 Å². The van der Waals surface area contributed by atoms with Crippen molar-refractivity contribution < 1.29 is 0 Å². The van der Waals surface area contributed by atoms with E-state index in [9.17, 15) is 0 Å². The predicted molar refractivity (Wildman–Crippen MR) is 82.6 cm³/mol. The molecule has 1 fully saturated rings. The molecule has 0 aromatic heterocycles. The molecule has 1 aliphatic heterocycles. The number of piperazine rings is 1. The second-order valence-electron chi connectivity index (χ2n) is 4.93. The molecule has 1 aromatic carbocycles. The molecule has 0 unspecified atom stereocenters. The van der Waals surface area contributed by atoms with Gasteiger partial charge >= 0.3 is 0 Å². The highest BCUT2D eigenvalue weighted by molar-refractivity contribution is 7.79. The van der Waals surface area contributed by atoms with Crippen LogP contribution in [0.25, 0.3) is 0 Å². The Morgan fingerprint density at radius 3 is 2.22 bits per heavy atom. The predicted octanol–water partition coefficient (Wildman–Crippen LogP) is 2.59. The van der Waals surface area contributed by atoms with Gasteiger partial charge in [0.25, 0.3) is 0 Å². The fraction of sp³-hybridized carbons (Fsp3) is 0.500. The maximum atomic E-state index is 4.78.